The molecular formula is C31H60P2Si. The number of hydrogen-bond donors (Lipinski definition) is 0. The summed E-state index contributed by atoms with van der Waals surface area (Å²) in [5.74, 6) is 0. The first-order valence-electron chi connectivity index (χ1n) is 16.3. The van der Waals surface area contributed by atoms with Gasteiger partial charge in [0.15, 0.2) is 0 Å². The van der Waals surface area contributed by atoms with Crippen LogP contribution in [0.3, 0.4) is 0 Å². The van der Waals surface area contributed by atoms with Crippen molar-refractivity contribution in [3.63, 3.8) is 0 Å². The van der Waals surface area contributed by atoms with Crippen molar-refractivity contribution in [1.29, 1.82) is 0 Å². The minimum absolute atomic E-state index is 0.357. The van der Waals surface area contributed by atoms with Gasteiger partial charge in [0, 0.05) is 8.80 Å². The second-order valence-corrected chi connectivity index (χ2v) is 22.3. The molecule has 0 aliphatic heterocycles. The van der Waals surface area contributed by atoms with E-state index in [1.165, 1.54) is 22.6 Å². The lowest BCUT2D eigenvalue weighted by Crippen LogP contribution is -2.23. The summed E-state index contributed by atoms with van der Waals surface area (Å²) in [4.78, 5) is 0. The molecule has 4 rings (SSSR count). The predicted octanol–water partition coefficient (Wildman–Crippen LogP) is 10.9. The van der Waals surface area contributed by atoms with Crippen LogP contribution in [0, 0.1) is 0 Å². The summed E-state index contributed by atoms with van der Waals surface area (Å²) in [5, 5.41) is 0. The zero-order valence-corrected chi connectivity index (χ0v) is 26.1. The van der Waals surface area contributed by atoms with Crippen molar-refractivity contribution in [3.05, 3.63) is 0 Å². The normalized spacial score (nSPS) is 25.1. The minimum Gasteiger partial charge on any atom is -0.100 e. The van der Waals surface area contributed by atoms with Crippen LogP contribution in [0.15, 0.2) is 0 Å². The van der Waals surface area contributed by atoms with E-state index in [4.69, 9.17) is 0 Å². The molecule has 0 atom stereocenters. The van der Waals surface area contributed by atoms with Crippen LogP contribution < -0.4 is 0 Å². The maximum Gasteiger partial charge on any atom is 0.0336 e. The van der Waals surface area contributed by atoms with Crippen LogP contribution in [-0.4, -0.2) is 43.8 Å². The van der Waals surface area contributed by atoms with Gasteiger partial charge in [-0.1, -0.05) is 109 Å². The Bertz CT molecular complexity index is 434. The van der Waals surface area contributed by atoms with Gasteiger partial charge in [0.05, 0.1) is 0 Å². The van der Waals surface area contributed by atoms with E-state index in [9.17, 15) is 0 Å². The Balaban J connectivity index is 1.19. The van der Waals surface area contributed by atoms with Crippen molar-refractivity contribution in [2.75, 3.05) is 12.3 Å². The van der Waals surface area contributed by atoms with E-state index in [2.05, 4.69) is 6.55 Å². The first-order valence-corrected chi connectivity index (χ1v) is 22.4. The maximum atomic E-state index is 2.76. The monoisotopic (exact) mass is 522 g/mol. The second-order valence-electron chi connectivity index (χ2n) is 13.0. The topological polar surface area (TPSA) is 0 Å². The standard InChI is InChI=1S/C31H60P2Si/c1-34(26-14-24-32(28-16-6-2-7-17-28)29-18-8-3-9-19-29)27-15-25-33(30-20-10-4-11-21-30)31-22-12-5-13-23-31/h28-31,34H,2-27H2,1H3. The molecule has 0 saturated heterocycles. The molecule has 0 bridgehead atoms. The average Bonchev–Trinajstić information content (AvgIpc) is 2.91. The summed E-state index contributed by atoms with van der Waals surface area (Å²) in [6.45, 7) is 2.76. The van der Waals surface area contributed by atoms with E-state index < -0.39 is 8.80 Å². The molecule has 0 aromatic rings. The molecule has 4 saturated carbocycles. The van der Waals surface area contributed by atoms with Gasteiger partial charge >= 0.3 is 0 Å². The Labute approximate surface area is 219 Å². The smallest absolute Gasteiger partial charge is 0.0336 e. The molecule has 0 aromatic carbocycles. The van der Waals surface area contributed by atoms with Crippen LogP contribution in [-0.2, 0) is 0 Å². The van der Waals surface area contributed by atoms with Crippen LogP contribution in [0.2, 0.25) is 18.6 Å². The molecule has 198 valence electrons. The van der Waals surface area contributed by atoms with Crippen molar-refractivity contribution in [1.82, 2.24) is 0 Å². The van der Waals surface area contributed by atoms with Crippen molar-refractivity contribution in [3.8, 4) is 0 Å². The fourth-order valence-corrected chi connectivity index (χ4v) is 19.0. The van der Waals surface area contributed by atoms with Crippen molar-refractivity contribution in [2.24, 2.45) is 0 Å². The highest BCUT2D eigenvalue weighted by molar-refractivity contribution is 7.59. The Kier molecular flexibility index (Phi) is 13.3. The quantitative estimate of drug-likeness (QED) is 0.177. The van der Waals surface area contributed by atoms with E-state index in [0.717, 1.165) is 0 Å². The average molecular weight is 523 g/mol. The molecule has 0 unspecified atom stereocenters. The van der Waals surface area contributed by atoms with Crippen LogP contribution in [0.5, 0.6) is 0 Å². The van der Waals surface area contributed by atoms with Crippen molar-refractivity contribution in [2.45, 2.75) is 183 Å². The second kappa shape index (κ2) is 16.1. The fraction of sp³-hybridized carbons (Fsp3) is 1.00. The van der Waals surface area contributed by atoms with Gasteiger partial charge in [-0.05, 0) is 86.3 Å². The third kappa shape index (κ3) is 9.12. The van der Waals surface area contributed by atoms with Gasteiger partial charge in [0.2, 0.25) is 0 Å². The molecular weight excluding hydrogens is 462 g/mol. The zero-order chi connectivity index (χ0) is 23.4. The van der Waals surface area contributed by atoms with Crippen molar-refractivity contribution < 1.29 is 0 Å². The highest BCUT2D eigenvalue weighted by Gasteiger charge is 2.32. The highest BCUT2D eigenvalue weighted by atomic mass is 31.1. The number of hydrogen-bond acceptors (Lipinski definition) is 0. The van der Waals surface area contributed by atoms with E-state index in [-0.39, 0.29) is 0 Å². The van der Waals surface area contributed by atoms with Gasteiger partial charge in [0.25, 0.3) is 0 Å². The SMILES string of the molecule is C[SiH](CCCP(C1CCCCC1)C1CCCCC1)CCCP(C1CCCCC1)C1CCCCC1. The largest absolute Gasteiger partial charge is 0.100 e. The van der Waals surface area contributed by atoms with Gasteiger partial charge in [-0.25, -0.2) is 0 Å². The summed E-state index contributed by atoms with van der Waals surface area (Å²) in [7, 11) is 0.245. The van der Waals surface area contributed by atoms with Gasteiger partial charge in [-0.2, -0.15) is 0 Å². The summed E-state index contributed by atoms with van der Waals surface area (Å²) >= 11 is 0. The first-order chi connectivity index (χ1) is 16.8. The minimum atomic E-state index is -0.469. The van der Waals surface area contributed by atoms with E-state index in [1.807, 2.05) is 0 Å². The molecule has 4 aliphatic carbocycles. The highest BCUT2D eigenvalue weighted by Crippen LogP contribution is 2.57. The van der Waals surface area contributed by atoms with Gasteiger partial charge in [-0.3, -0.25) is 0 Å². The molecule has 0 heterocycles. The van der Waals surface area contributed by atoms with E-state index in [1.54, 1.807) is 166 Å². The van der Waals surface area contributed by atoms with Crippen molar-refractivity contribution >= 4 is 24.6 Å². The summed E-state index contributed by atoms with van der Waals surface area (Å²) < 4.78 is 0. The molecule has 0 N–H and O–H groups in total. The van der Waals surface area contributed by atoms with E-state index >= 15 is 0 Å². The fourth-order valence-electron chi connectivity index (χ4n) is 8.37. The molecule has 4 fully saturated rings. The van der Waals surface area contributed by atoms with Crippen LogP contribution in [0.1, 0.15) is 141 Å². The zero-order valence-electron chi connectivity index (χ0n) is 23.2. The Morgan fingerprint density at radius 1 is 0.441 bits per heavy atom. The molecule has 0 aromatic heterocycles. The maximum absolute atomic E-state index is 2.76. The molecule has 0 nitrogen and oxygen atoms in total. The van der Waals surface area contributed by atoms with Crippen LogP contribution >= 0.6 is 15.8 Å². The lowest BCUT2D eigenvalue weighted by Gasteiger charge is -2.39. The molecule has 0 radical (unpaired) electrons. The predicted molar refractivity (Wildman–Crippen MR) is 163 cm³/mol. The van der Waals surface area contributed by atoms with E-state index in [0.29, 0.717) is 15.8 Å². The lowest BCUT2D eigenvalue weighted by molar-refractivity contribution is 0.484. The Morgan fingerprint density at radius 3 is 0.971 bits per heavy atom. The summed E-state index contributed by atoms with van der Waals surface area (Å²) in [6.07, 6.45) is 38.2. The summed E-state index contributed by atoms with van der Waals surface area (Å²) in [5.41, 5.74) is 4.72. The molecule has 0 amide bonds. The Morgan fingerprint density at radius 2 is 0.706 bits per heavy atom. The Hall–Kier alpha value is 1.08. The van der Waals surface area contributed by atoms with Gasteiger partial charge in [0.1, 0.15) is 0 Å². The van der Waals surface area contributed by atoms with Crippen LogP contribution in [0.25, 0.3) is 0 Å². The lowest BCUT2D eigenvalue weighted by atomic mass is 9.99. The third-order valence-electron chi connectivity index (χ3n) is 10.4. The molecule has 4 aliphatic rings. The van der Waals surface area contributed by atoms with Gasteiger partial charge in [-0.15, -0.1) is 15.8 Å². The third-order valence-corrected chi connectivity index (χ3v) is 20.7. The number of rotatable bonds is 12. The molecule has 34 heavy (non-hydrogen) atoms. The van der Waals surface area contributed by atoms with Crippen LogP contribution in [0.4, 0.5) is 0 Å². The first kappa shape index (κ1) is 28.1. The molecule has 3 heteroatoms. The molecule has 0 spiro atoms. The van der Waals surface area contributed by atoms with Gasteiger partial charge < -0.3 is 0 Å². The summed E-state index contributed by atoms with van der Waals surface area (Å²) in [6, 6.07) is 3.37.